The van der Waals surface area contributed by atoms with Crippen molar-refractivity contribution in [3.63, 3.8) is 0 Å². The van der Waals surface area contributed by atoms with Crippen LogP contribution in [0.2, 0.25) is 0 Å². The number of hydrogen-bond donors (Lipinski definition) is 2. The molecule has 0 spiro atoms. The number of nitrogens with zero attached hydrogens (tertiary/aromatic N) is 3. The van der Waals surface area contributed by atoms with Crippen LogP contribution >= 0.6 is 35.3 Å². The average molecular weight is 517 g/mol. The van der Waals surface area contributed by atoms with Crippen molar-refractivity contribution < 1.29 is 4.42 Å². The van der Waals surface area contributed by atoms with Gasteiger partial charge in [-0.3, -0.25) is 9.89 Å². The van der Waals surface area contributed by atoms with Crippen LogP contribution in [0.5, 0.6) is 0 Å². The maximum Gasteiger partial charge on any atom is 0.191 e. The molecule has 2 aromatic heterocycles. The lowest BCUT2D eigenvalue weighted by Crippen LogP contribution is -2.39. The van der Waals surface area contributed by atoms with Crippen LogP contribution in [-0.4, -0.2) is 48.6 Å². The summed E-state index contributed by atoms with van der Waals surface area (Å²) in [7, 11) is 0. The van der Waals surface area contributed by atoms with Crippen LogP contribution in [0.25, 0.3) is 0 Å². The fourth-order valence-corrected chi connectivity index (χ4v) is 4.48. The van der Waals surface area contributed by atoms with Gasteiger partial charge in [0.05, 0.1) is 29.6 Å². The third-order valence-electron chi connectivity index (χ3n) is 4.86. The summed E-state index contributed by atoms with van der Waals surface area (Å²) in [6.45, 7) is 10.9. The van der Waals surface area contributed by atoms with Gasteiger partial charge in [0.25, 0.3) is 0 Å². The summed E-state index contributed by atoms with van der Waals surface area (Å²) in [5.74, 6) is 1.87. The van der Waals surface area contributed by atoms with Gasteiger partial charge < -0.3 is 15.1 Å². The van der Waals surface area contributed by atoms with E-state index in [1.165, 1.54) is 17.7 Å². The van der Waals surface area contributed by atoms with Gasteiger partial charge in [-0.2, -0.15) is 0 Å². The van der Waals surface area contributed by atoms with Crippen molar-refractivity contribution in [3.05, 3.63) is 39.7 Å². The fourth-order valence-electron chi connectivity index (χ4n) is 3.54. The van der Waals surface area contributed by atoms with Crippen molar-refractivity contribution in [3.8, 4) is 0 Å². The zero-order valence-electron chi connectivity index (χ0n) is 17.0. The largest absolute Gasteiger partial charge is 0.468 e. The number of thiazole rings is 1. The molecule has 1 aliphatic heterocycles. The molecule has 1 atom stereocenters. The Bertz CT molecular complexity index is 725. The minimum atomic E-state index is 0. The highest BCUT2D eigenvalue weighted by atomic mass is 127. The molecular weight excluding hydrogens is 485 g/mol. The number of halogens is 1. The van der Waals surface area contributed by atoms with Crippen LogP contribution in [0.1, 0.15) is 47.1 Å². The van der Waals surface area contributed by atoms with Gasteiger partial charge in [-0.15, -0.1) is 35.3 Å². The normalized spacial score (nSPS) is 16.0. The minimum Gasteiger partial charge on any atom is -0.468 e. The number of aryl methyl sites for hydroxylation is 2. The highest BCUT2D eigenvalue weighted by Crippen LogP contribution is 2.25. The van der Waals surface area contributed by atoms with E-state index in [2.05, 4.69) is 47.4 Å². The number of guanidine groups is 1. The number of furan rings is 1. The lowest BCUT2D eigenvalue weighted by molar-refractivity contribution is 0.221. The van der Waals surface area contributed by atoms with Crippen molar-refractivity contribution in [2.45, 2.75) is 46.1 Å². The van der Waals surface area contributed by atoms with E-state index in [0.717, 1.165) is 55.0 Å². The minimum absolute atomic E-state index is 0. The highest BCUT2D eigenvalue weighted by molar-refractivity contribution is 14.0. The topological polar surface area (TPSA) is 65.7 Å². The van der Waals surface area contributed by atoms with Crippen LogP contribution in [0.15, 0.2) is 27.8 Å². The maximum absolute atomic E-state index is 5.70. The van der Waals surface area contributed by atoms with E-state index in [1.54, 1.807) is 17.6 Å². The van der Waals surface area contributed by atoms with Crippen molar-refractivity contribution in [2.24, 2.45) is 4.99 Å². The van der Waals surface area contributed by atoms with Gasteiger partial charge in [0, 0.05) is 24.4 Å². The first-order valence-electron chi connectivity index (χ1n) is 9.90. The maximum atomic E-state index is 5.70. The third kappa shape index (κ3) is 6.45. The molecule has 1 saturated heterocycles. The first-order valence-corrected chi connectivity index (χ1v) is 10.7. The molecule has 1 fully saturated rings. The van der Waals surface area contributed by atoms with Gasteiger partial charge in [0.1, 0.15) is 5.76 Å². The Morgan fingerprint density at radius 3 is 2.71 bits per heavy atom. The Hall–Kier alpha value is -1.13. The van der Waals surface area contributed by atoms with Crippen LogP contribution < -0.4 is 10.6 Å². The standard InChI is InChI=1S/C20H31N5OS.HI/c1-4-21-20(22-10-9-19-15(2)24-16(3)27-19)23-14-17(18-8-7-13-26-18)25-11-5-6-12-25;/h7-8,13,17H,4-6,9-12,14H2,1-3H3,(H2,21,22,23);1H. The first kappa shape index (κ1) is 23.2. The zero-order chi connectivity index (χ0) is 19.1. The Labute approximate surface area is 189 Å². The number of nitrogens with one attached hydrogen (secondary N) is 2. The summed E-state index contributed by atoms with van der Waals surface area (Å²) >= 11 is 1.78. The lowest BCUT2D eigenvalue weighted by Gasteiger charge is -2.24. The second kappa shape index (κ2) is 11.8. The van der Waals surface area contributed by atoms with E-state index >= 15 is 0 Å². The number of hydrogen-bond acceptors (Lipinski definition) is 5. The smallest absolute Gasteiger partial charge is 0.191 e. The molecule has 2 aromatic rings. The summed E-state index contributed by atoms with van der Waals surface area (Å²) in [4.78, 5) is 13.2. The molecule has 8 heteroatoms. The number of likely N-dealkylation sites (tertiary alicyclic amines) is 1. The van der Waals surface area contributed by atoms with Crippen molar-refractivity contribution >= 4 is 41.3 Å². The molecule has 3 heterocycles. The number of aliphatic imine (C=N–C) groups is 1. The molecule has 1 aliphatic rings. The SMILES string of the molecule is CCNC(=NCC(c1ccco1)N1CCCC1)NCCc1sc(C)nc1C.I. The molecule has 0 amide bonds. The Balaban J connectivity index is 0.00000280. The summed E-state index contributed by atoms with van der Waals surface area (Å²) in [6, 6.07) is 4.24. The Morgan fingerprint density at radius 1 is 1.32 bits per heavy atom. The molecule has 0 aromatic carbocycles. The lowest BCUT2D eigenvalue weighted by atomic mass is 10.2. The van der Waals surface area contributed by atoms with E-state index in [4.69, 9.17) is 9.41 Å². The molecule has 0 saturated carbocycles. The second-order valence-corrected chi connectivity index (χ2v) is 8.20. The van der Waals surface area contributed by atoms with Crippen LogP contribution in [0.3, 0.4) is 0 Å². The van der Waals surface area contributed by atoms with Gasteiger partial charge in [0.2, 0.25) is 0 Å². The zero-order valence-corrected chi connectivity index (χ0v) is 20.2. The molecule has 0 aliphatic carbocycles. The van der Waals surface area contributed by atoms with Crippen molar-refractivity contribution in [1.82, 2.24) is 20.5 Å². The van der Waals surface area contributed by atoms with Gasteiger partial charge in [0.15, 0.2) is 5.96 Å². The number of aromatic nitrogens is 1. The van der Waals surface area contributed by atoms with Crippen LogP contribution in [0.4, 0.5) is 0 Å². The summed E-state index contributed by atoms with van der Waals surface area (Å²) < 4.78 is 5.70. The monoisotopic (exact) mass is 517 g/mol. The van der Waals surface area contributed by atoms with Gasteiger partial charge in [-0.1, -0.05) is 0 Å². The first-order chi connectivity index (χ1) is 13.2. The van der Waals surface area contributed by atoms with Crippen LogP contribution in [-0.2, 0) is 6.42 Å². The predicted octanol–water partition coefficient (Wildman–Crippen LogP) is 3.91. The van der Waals surface area contributed by atoms with E-state index in [1.807, 2.05) is 6.07 Å². The third-order valence-corrected chi connectivity index (χ3v) is 6.00. The summed E-state index contributed by atoms with van der Waals surface area (Å²) in [6.07, 6.45) is 5.24. The highest BCUT2D eigenvalue weighted by Gasteiger charge is 2.25. The summed E-state index contributed by atoms with van der Waals surface area (Å²) in [5.41, 5.74) is 1.15. The average Bonchev–Trinajstić information content (AvgIpc) is 3.39. The van der Waals surface area contributed by atoms with Crippen molar-refractivity contribution in [1.29, 1.82) is 0 Å². The second-order valence-electron chi connectivity index (χ2n) is 6.91. The molecule has 0 radical (unpaired) electrons. The molecule has 156 valence electrons. The molecular formula is C20H32IN5OS. The molecule has 3 rings (SSSR count). The molecule has 0 bridgehead atoms. The Morgan fingerprint density at radius 2 is 2.11 bits per heavy atom. The Kier molecular flexibility index (Phi) is 9.73. The van der Waals surface area contributed by atoms with E-state index < -0.39 is 0 Å². The van der Waals surface area contributed by atoms with Gasteiger partial charge in [-0.05, 0) is 58.8 Å². The van der Waals surface area contributed by atoms with E-state index in [0.29, 0.717) is 6.54 Å². The van der Waals surface area contributed by atoms with Crippen LogP contribution in [0, 0.1) is 13.8 Å². The van der Waals surface area contributed by atoms with Gasteiger partial charge in [-0.25, -0.2) is 4.98 Å². The quantitative estimate of drug-likeness (QED) is 0.316. The fraction of sp³-hybridized carbons (Fsp3) is 0.600. The molecule has 2 N–H and O–H groups in total. The molecule has 6 nitrogen and oxygen atoms in total. The predicted molar refractivity (Wildman–Crippen MR) is 127 cm³/mol. The van der Waals surface area contributed by atoms with Gasteiger partial charge >= 0.3 is 0 Å². The van der Waals surface area contributed by atoms with Crippen molar-refractivity contribution in [2.75, 3.05) is 32.7 Å². The number of rotatable bonds is 8. The van der Waals surface area contributed by atoms with E-state index in [-0.39, 0.29) is 30.0 Å². The summed E-state index contributed by atoms with van der Waals surface area (Å²) in [5, 5.41) is 7.96. The molecule has 28 heavy (non-hydrogen) atoms. The van der Waals surface area contributed by atoms with E-state index in [9.17, 15) is 0 Å². The molecule has 1 unspecified atom stereocenters.